The van der Waals surface area contributed by atoms with Gasteiger partial charge in [0.25, 0.3) is 0 Å². The predicted molar refractivity (Wildman–Crippen MR) is 58.9 cm³/mol. The lowest BCUT2D eigenvalue weighted by Gasteiger charge is -2.07. The van der Waals surface area contributed by atoms with Gasteiger partial charge in [-0.25, -0.2) is 8.78 Å². The molecular weight excluding hydrogens is 262 g/mol. The van der Waals surface area contributed by atoms with Crippen LogP contribution in [0.25, 0.3) is 0 Å². The Bertz CT molecular complexity index is 631. The van der Waals surface area contributed by atoms with Gasteiger partial charge in [0.2, 0.25) is 0 Å². The molecule has 0 aliphatic rings. The smallest absolute Gasteiger partial charge is 0.163 e. The molecule has 0 saturated carbocycles. The van der Waals surface area contributed by atoms with Crippen molar-refractivity contribution in [2.75, 3.05) is 5.32 Å². The summed E-state index contributed by atoms with van der Waals surface area (Å²) in [5.41, 5.74) is -1.20. The van der Waals surface area contributed by atoms with Gasteiger partial charge in [0.15, 0.2) is 5.57 Å². The lowest BCUT2D eigenvalue weighted by atomic mass is 10.2. The first kappa shape index (κ1) is 13.4. The number of benzene rings is 1. The van der Waals surface area contributed by atoms with E-state index >= 15 is 0 Å². The van der Waals surface area contributed by atoms with Crippen LogP contribution in [0.5, 0.6) is 0 Å². The highest BCUT2D eigenvalue weighted by Gasteiger charge is 2.12. The first-order valence-corrected chi connectivity index (χ1v) is 4.77. The summed E-state index contributed by atoms with van der Waals surface area (Å²) in [5.74, 6) is -1.93. The molecule has 0 aliphatic heterocycles. The molecule has 0 heterocycles. The van der Waals surface area contributed by atoms with Crippen molar-refractivity contribution in [1.29, 1.82) is 15.8 Å². The lowest BCUT2D eigenvalue weighted by molar-refractivity contribution is 0.584. The van der Waals surface area contributed by atoms with E-state index in [0.717, 1.165) is 6.07 Å². The van der Waals surface area contributed by atoms with Gasteiger partial charge < -0.3 is 5.32 Å². The number of nitriles is 3. The molecule has 0 spiro atoms. The van der Waals surface area contributed by atoms with Gasteiger partial charge >= 0.3 is 0 Å². The Kier molecular flexibility index (Phi) is 4.21. The summed E-state index contributed by atoms with van der Waals surface area (Å²) in [6.45, 7) is 0. The molecular formula is C11H3ClF2N4. The van der Waals surface area contributed by atoms with Gasteiger partial charge in [0, 0.05) is 6.07 Å². The van der Waals surface area contributed by atoms with E-state index in [1.165, 1.54) is 18.2 Å². The zero-order valence-electron chi connectivity index (χ0n) is 8.63. The van der Waals surface area contributed by atoms with Crippen molar-refractivity contribution in [1.82, 2.24) is 0 Å². The molecule has 0 saturated heterocycles. The number of anilines is 1. The summed E-state index contributed by atoms with van der Waals surface area (Å²) in [5, 5.41) is 27.7. The van der Waals surface area contributed by atoms with E-state index in [1.807, 2.05) is 0 Å². The zero-order valence-corrected chi connectivity index (χ0v) is 9.39. The van der Waals surface area contributed by atoms with Crippen LogP contribution >= 0.6 is 11.6 Å². The number of hydrogen-bond acceptors (Lipinski definition) is 4. The van der Waals surface area contributed by atoms with Crippen molar-refractivity contribution < 1.29 is 8.78 Å². The third-order valence-electron chi connectivity index (χ3n) is 1.84. The fourth-order valence-electron chi connectivity index (χ4n) is 1.06. The van der Waals surface area contributed by atoms with Crippen molar-refractivity contribution in [3.05, 3.63) is 40.1 Å². The highest BCUT2D eigenvalue weighted by molar-refractivity contribution is 6.33. The van der Waals surface area contributed by atoms with E-state index < -0.39 is 27.9 Å². The monoisotopic (exact) mass is 264 g/mol. The molecule has 1 rings (SSSR count). The molecule has 0 atom stereocenters. The SMILES string of the molecule is N#CC(C#N)=C(C#N)Nc1cc(F)cc(F)c1Cl. The fraction of sp³-hybridized carbons (Fsp3) is 0. The Hall–Kier alpha value is -2.62. The minimum Gasteiger partial charge on any atom is -0.344 e. The molecule has 88 valence electrons. The van der Waals surface area contributed by atoms with Gasteiger partial charge in [-0.2, -0.15) is 15.8 Å². The quantitative estimate of drug-likeness (QED) is 0.657. The van der Waals surface area contributed by atoms with Crippen molar-refractivity contribution in [2.24, 2.45) is 0 Å². The van der Waals surface area contributed by atoms with Gasteiger partial charge in [-0.05, 0) is 6.07 Å². The maximum absolute atomic E-state index is 13.1. The summed E-state index contributed by atoms with van der Waals surface area (Å²) in [7, 11) is 0. The van der Waals surface area contributed by atoms with Crippen LogP contribution in [0.15, 0.2) is 23.4 Å². The van der Waals surface area contributed by atoms with Gasteiger partial charge in [-0.15, -0.1) is 0 Å². The van der Waals surface area contributed by atoms with Crippen LogP contribution in [0.1, 0.15) is 0 Å². The average Bonchev–Trinajstić information content (AvgIpc) is 2.35. The van der Waals surface area contributed by atoms with Gasteiger partial charge in [0.1, 0.15) is 35.5 Å². The van der Waals surface area contributed by atoms with Crippen LogP contribution in [0.3, 0.4) is 0 Å². The van der Waals surface area contributed by atoms with E-state index in [9.17, 15) is 8.78 Å². The van der Waals surface area contributed by atoms with E-state index in [0.29, 0.717) is 6.07 Å². The van der Waals surface area contributed by atoms with Crippen molar-refractivity contribution in [3.63, 3.8) is 0 Å². The van der Waals surface area contributed by atoms with E-state index in [1.54, 1.807) is 0 Å². The molecule has 0 radical (unpaired) electrons. The molecule has 0 bridgehead atoms. The summed E-state index contributed by atoms with van der Waals surface area (Å²) < 4.78 is 26.1. The summed E-state index contributed by atoms with van der Waals surface area (Å²) >= 11 is 5.56. The minimum atomic E-state index is -1.02. The average molecular weight is 265 g/mol. The summed E-state index contributed by atoms with van der Waals surface area (Å²) in [6.07, 6.45) is 0. The molecule has 0 fully saturated rings. The van der Waals surface area contributed by atoms with Crippen LogP contribution in [0, 0.1) is 45.6 Å². The van der Waals surface area contributed by atoms with Crippen LogP contribution in [0.4, 0.5) is 14.5 Å². The number of rotatable bonds is 2. The number of nitrogens with zero attached hydrogens (tertiary/aromatic N) is 3. The summed E-state index contributed by atoms with van der Waals surface area (Å²) in [6, 6.07) is 5.90. The topological polar surface area (TPSA) is 83.4 Å². The maximum atomic E-state index is 13.1. The number of hydrogen-bond donors (Lipinski definition) is 1. The number of halogens is 3. The Morgan fingerprint density at radius 3 is 2.22 bits per heavy atom. The van der Waals surface area contributed by atoms with Gasteiger partial charge in [-0.1, -0.05) is 11.6 Å². The molecule has 1 N–H and O–H groups in total. The van der Waals surface area contributed by atoms with Crippen LogP contribution < -0.4 is 5.32 Å². The van der Waals surface area contributed by atoms with Crippen LogP contribution in [0.2, 0.25) is 5.02 Å². The standard InChI is InChI=1S/C11H3ClF2N4/c12-11-8(14)1-7(13)2-9(11)18-10(5-17)6(3-15)4-16/h1-2,18H. The molecule has 1 aromatic rings. The molecule has 0 aliphatic carbocycles. The largest absolute Gasteiger partial charge is 0.344 e. The second kappa shape index (κ2) is 5.63. The molecule has 0 amide bonds. The Labute approximate surface area is 106 Å². The van der Waals surface area contributed by atoms with E-state index in [2.05, 4.69) is 5.32 Å². The van der Waals surface area contributed by atoms with Crippen LogP contribution in [-0.4, -0.2) is 0 Å². The summed E-state index contributed by atoms with van der Waals surface area (Å²) in [4.78, 5) is 0. The highest BCUT2D eigenvalue weighted by Crippen LogP contribution is 2.27. The first-order chi connectivity index (χ1) is 8.53. The number of allylic oxidation sites excluding steroid dienone is 2. The Balaban J connectivity index is 3.30. The predicted octanol–water partition coefficient (Wildman–Crippen LogP) is 2.85. The van der Waals surface area contributed by atoms with Crippen molar-refractivity contribution >= 4 is 17.3 Å². The van der Waals surface area contributed by atoms with E-state index in [4.69, 9.17) is 27.4 Å². The number of nitrogens with one attached hydrogen (secondary N) is 1. The molecule has 18 heavy (non-hydrogen) atoms. The van der Waals surface area contributed by atoms with E-state index in [-0.39, 0.29) is 5.69 Å². The fourth-order valence-corrected chi connectivity index (χ4v) is 1.22. The third-order valence-corrected chi connectivity index (χ3v) is 2.22. The third kappa shape index (κ3) is 2.74. The van der Waals surface area contributed by atoms with Crippen molar-refractivity contribution in [2.45, 2.75) is 0 Å². The normalized spacial score (nSPS) is 8.67. The lowest BCUT2D eigenvalue weighted by Crippen LogP contribution is -2.02. The Morgan fingerprint density at radius 1 is 1.11 bits per heavy atom. The van der Waals surface area contributed by atoms with Gasteiger partial charge in [-0.3, -0.25) is 0 Å². The van der Waals surface area contributed by atoms with Gasteiger partial charge in [0.05, 0.1) is 10.7 Å². The zero-order chi connectivity index (χ0) is 13.7. The maximum Gasteiger partial charge on any atom is 0.163 e. The first-order valence-electron chi connectivity index (χ1n) is 4.39. The molecule has 0 aromatic heterocycles. The van der Waals surface area contributed by atoms with Crippen LogP contribution in [-0.2, 0) is 0 Å². The molecule has 7 heteroatoms. The second-order valence-electron chi connectivity index (χ2n) is 2.96. The minimum absolute atomic E-state index is 0.242. The highest BCUT2D eigenvalue weighted by atomic mass is 35.5. The molecule has 0 unspecified atom stereocenters. The molecule has 4 nitrogen and oxygen atoms in total. The molecule has 1 aromatic carbocycles. The Morgan fingerprint density at radius 2 is 1.72 bits per heavy atom. The van der Waals surface area contributed by atoms with Crippen molar-refractivity contribution in [3.8, 4) is 18.2 Å². The second-order valence-corrected chi connectivity index (χ2v) is 3.34.